The Morgan fingerprint density at radius 1 is 0.974 bits per heavy atom. The number of halogens is 1. The van der Waals surface area contributed by atoms with Crippen LogP contribution in [-0.4, -0.2) is 40.5 Å². The Bertz CT molecular complexity index is 1170. The third kappa shape index (κ3) is 8.99. The highest BCUT2D eigenvalue weighted by Gasteiger charge is 2.39. The number of rotatable bonds is 9. The van der Waals surface area contributed by atoms with Gasteiger partial charge in [0.25, 0.3) is 5.91 Å². The lowest BCUT2D eigenvalue weighted by molar-refractivity contribution is -0.143. The normalized spacial score (nSPS) is 13.2. The summed E-state index contributed by atoms with van der Waals surface area (Å²) in [5.74, 6) is -0.650. The predicted molar refractivity (Wildman–Crippen MR) is 158 cm³/mol. The van der Waals surface area contributed by atoms with Crippen molar-refractivity contribution in [3.63, 3.8) is 0 Å². The van der Waals surface area contributed by atoms with Crippen molar-refractivity contribution in [2.75, 3.05) is 5.32 Å². The Morgan fingerprint density at radius 3 is 2.13 bits per heavy atom. The average molecular weight is 558 g/mol. The first-order valence-electron chi connectivity index (χ1n) is 13.5. The van der Waals surface area contributed by atoms with Crippen LogP contribution in [0.25, 0.3) is 0 Å². The number of hydrogen-bond donors (Lipinski definition) is 2. The van der Waals surface area contributed by atoms with Gasteiger partial charge >= 0.3 is 6.09 Å². The Labute approximate surface area is 238 Å². The monoisotopic (exact) mass is 557 g/mol. The van der Waals surface area contributed by atoms with E-state index in [2.05, 4.69) is 10.6 Å². The summed E-state index contributed by atoms with van der Waals surface area (Å²) in [6.07, 6.45) is -0.295. The van der Waals surface area contributed by atoms with Crippen LogP contribution in [0.2, 0.25) is 5.02 Å². The van der Waals surface area contributed by atoms with Gasteiger partial charge in [0.15, 0.2) is 0 Å². The Hall–Kier alpha value is -3.06. The number of para-hydroxylation sites is 1. The van der Waals surface area contributed by atoms with Gasteiger partial charge in [0, 0.05) is 6.04 Å². The first-order chi connectivity index (χ1) is 18.0. The summed E-state index contributed by atoms with van der Waals surface area (Å²) in [6.45, 7) is 18.8. The van der Waals surface area contributed by atoms with Crippen LogP contribution in [0.15, 0.2) is 36.4 Å². The second kappa shape index (κ2) is 13.3. The quantitative estimate of drug-likeness (QED) is 0.343. The molecular formula is C31H44ClN3O4. The summed E-state index contributed by atoms with van der Waals surface area (Å²) in [4.78, 5) is 42.6. The third-order valence-corrected chi connectivity index (χ3v) is 6.54. The van der Waals surface area contributed by atoms with Gasteiger partial charge in [-0.15, -0.1) is 0 Å². The minimum Gasteiger partial charge on any atom is -0.444 e. The number of anilines is 1. The molecule has 2 atom stereocenters. The van der Waals surface area contributed by atoms with Gasteiger partial charge in [0.05, 0.1) is 10.7 Å². The molecule has 0 aliphatic carbocycles. The van der Waals surface area contributed by atoms with Crippen LogP contribution < -0.4 is 10.6 Å². The van der Waals surface area contributed by atoms with Crippen LogP contribution >= 0.6 is 11.6 Å². The summed E-state index contributed by atoms with van der Waals surface area (Å²) in [6, 6.07) is 8.98. The van der Waals surface area contributed by atoms with Gasteiger partial charge in [0.1, 0.15) is 17.7 Å². The van der Waals surface area contributed by atoms with E-state index in [0.29, 0.717) is 22.7 Å². The van der Waals surface area contributed by atoms with Crippen molar-refractivity contribution in [3.05, 3.63) is 63.7 Å². The number of alkyl carbamates (subject to hydrolysis) is 1. The van der Waals surface area contributed by atoms with E-state index in [-0.39, 0.29) is 23.8 Å². The molecule has 2 rings (SSSR count). The molecular weight excluding hydrogens is 514 g/mol. The molecule has 2 aromatic carbocycles. The highest BCUT2D eigenvalue weighted by atomic mass is 35.5. The van der Waals surface area contributed by atoms with E-state index in [4.69, 9.17) is 16.3 Å². The fraction of sp³-hybridized carbons (Fsp3) is 0.516. The Morgan fingerprint density at radius 2 is 1.62 bits per heavy atom. The van der Waals surface area contributed by atoms with Crippen molar-refractivity contribution in [2.24, 2.45) is 5.92 Å². The second-order valence-electron chi connectivity index (χ2n) is 11.9. The number of nitrogens with zero attached hydrogens (tertiary/aromatic N) is 1. The summed E-state index contributed by atoms with van der Waals surface area (Å²) in [5.41, 5.74) is 3.21. The topological polar surface area (TPSA) is 87.7 Å². The van der Waals surface area contributed by atoms with Crippen molar-refractivity contribution < 1.29 is 19.1 Å². The predicted octanol–water partition coefficient (Wildman–Crippen LogP) is 7.12. The van der Waals surface area contributed by atoms with Gasteiger partial charge in [0.2, 0.25) is 5.91 Å². The molecule has 2 N–H and O–H groups in total. The maximum atomic E-state index is 14.3. The van der Waals surface area contributed by atoms with Gasteiger partial charge in [-0.25, -0.2) is 4.79 Å². The summed E-state index contributed by atoms with van der Waals surface area (Å²) in [5, 5.41) is 6.17. The molecule has 0 aliphatic rings. The number of aryl methyl sites for hydroxylation is 3. The number of ether oxygens (including phenoxy) is 1. The van der Waals surface area contributed by atoms with Crippen molar-refractivity contribution in [2.45, 2.75) is 99.4 Å². The molecule has 7 nitrogen and oxygen atoms in total. The van der Waals surface area contributed by atoms with E-state index >= 15 is 0 Å². The standard InChI is InChI=1S/C31H44ClN3O4/c1-18(2)16-25(33-30(38)39-31(8,9)10)29(37)35(19(3)4)27(23-15-14-20(5)17-22(23)7)28(36)34-26-21(6)12-11-13-24(26)32/h11-15,17-19,25,27H,16H2,1-10H3,(H,33,38)(H,34,36). The second-order valence-corrected chi connectivity index (χ2v) is 12.3. The Balaban J connectivity index is 2.61. The van der Waals surface area contributed by atoms with Crippen LogP contribution in [0.4, 0.5) is 10.5 Å². The number of benzene rings is 2. The fourth-order valence-corrected chi connectivity index (χ4v) is 4.80. The highest BCUT2D eigenvalue weighted by Crippen LogP contribution is 2.32. The van der Waals surface area contributed by atoms with Crippen LogP contribution in [-0.2, 0) is 14.3 Å². The molecule has 0 aromatic heterocycles. The van der Waals surface area contributed by atoms with E-state index < -0.39 is 23.8 Å². The van der Waals surface area contributed by atoms with Crippen LogP contribution in [0, 0.1) is 26.7 Å². The van der Waals surface area contributed by atoms with Gasteiger partial charge in [-0.1, -0.05) is 61.3 Å². The molecule has 39 heavy (non-hydrogen) atoms. The zero-order valence-corrected chi connectivity index (χ0v) is 25.7. The maximum absolute atomic E-state index is 14.3. The molecule has 214 valence electrons. The lowest BCUT2D eigenvalue weighted by Crippen LogP contribution is -2.54. The molecule has 0 spiro atoms. The molecule has 0 heterocycles. The minimum absolute atomic E-state index is 0.0991. The number of hydrogen-bond acceptors (Lipinski definition) is 4. The van der Waals surface area contributed by atoms with E-state index in [1.165, 1.54) is 0 Å². The van der Waals surface area contributed by atoms with Crippen LogP contribution in [0.3, 0.4) is 0 Å². The number of nitrogens with one attached hydrogen (secondary N) is 2. The molecule has 2 unspecified atom stereocenters. The first kappa shape index (κ1) is 32.2. The molecule has 2 aromatic rings. The molecule has 0 bridgehead atoms. The molecule has 0 aliphatic heterocycles. The van der Waals surface area contributed by atoms with Crippen LogP contribution in [0.1, 0.15) is 83.2 Å². The first-order valence-corrected chi connectivity index (χ1v) is 13.8. The molecule has 0 saturated heterocycles. The van der Waals surface area contributed by atoms with Gasteiger partial charge < -0.3 is 20.3 Å². The lowest BCUT2D eigenvalue weighted by atomic mass is 9.94. The SMILES string of the molecule is Cc1ccc(C(C(=O)Nc2c(C)cccc2Cl)N(C(=O)C(CC(C)C)NC(=O)OC(C)(C)C)C(C)C)c(C)c1. The zero-order chi connectivity index (χ0) is 29.7. The number of carbonyl (C=O) groups excluding carboxylic acids is 3. The van der Waals surface area contributed by atoms with Crippen molar-refractivity contribution >= 4 is 35.2 Å². The minimum atomic E-state index is -0.969. The molecule has 0 saturated carbocycles. The van der Waals surface area contributed by atoms with E-state index in [1.807, 2.05) is 78.8 Å². The number of amides is 3. The van der Waals surface area contributed by atoms with Crippen molar-refractivity contribution in [1.29, 1.82) is 0 Å². The van der Waals surface area contributed by atoms with Gasteiger partial charge in [-0.05, 0) is 90.5 Å². The lowest BCUT2D eigenvalue weighted by Gasteiger charge is -2.38. The smallest absolute Gasteiger partial charge is 0.408 e. The van der Waals surface area contributed by atoms with E-state index in [9.17, 15) is 14.4 Å². The zero-order valence-electron chi connectivity index (χ0n) is 24.9. The average Bonchev–Trinajstić information content (AvgIpc) is 2.77. The molecule has 0 radical (unpaired) electrons. The molecule has 0 fully saturated rings. The van der Waals surface area contributed by atoms with Gasteiger partial charge in [-0.2, -0.15) is 0 Å². The molecule has 3 amide bonds. The fourth-order valence-electron chi connectivity index (χ4n) is 4.53. The van der Waals surface area contributed by atoms with Crippen molar-refractivity contribution in [3.8, 4) is 0 Å². The molecule has 8 heteroatoms. The van der Waals surface area contributed by atoms with Crippen molar-refractivity contribution in [1.82, 2.24) is 10.2 Å². The summed E-state index contributed by atoms with van der Waals surface area (Å²) >= 11 is 6.44. The van der Waals surface area contributed by atoms with E-state index in [1.54, 1.807) is 31.7 Å². The number of carbonyl (C=O) groups is 3. The van der Waals surface area contributed by atoms with Crippen LogP contribution in [0.5, 0.6) is 0 Å². The Kier molecular flexibility index (Phi) is 11.0. The van der Waals surface area contributed by atoms with E-state index in [0.717, 1.165) is 16.7 Å². The highest BCUT2D eigenvalue weighted by molar-refractivity contribution is 6.34. The maximum Gasteiger partial charge on any atom is 0.408 e. The summed E-state index contributed by atoms with van der Waals surface area (Å²) < 4.78 is 5.46. The third-order valence-electron chi connectivity index (χ3n) is 6.22. The van der Waals surface area contributed by atoms with Gasteiger partial charge in [-0.3, -0.25) is 9.59 Å². The summed E-state index contributed by atoms with van der Waals surface area (Å²) in [7, 11) is 0. The largest absolute Gasteiger partial charge is 0.444 e.